The maximum atomic E-state index is 11.2. The molecule has 0 aromatic carbocycles. The van der Waals surface area contributed by atoms with E-state index in [0.29, 0.717) is 0 Å². The molecule has 0 aliphatic heterocycles. The Morgan fingerprint density at radius 1 is 1.75 bits per heavy atom. The summed E-state index contributed by atoms with van der Waals surface area (Å²) in [6, 6.07) is 0. The molecular formula is C10H14O2. The van der Waals surface area contributed by atoms with Gasteiger partial charge in [0.05, 0.1) is 7.11 Å². The topological polar surface area (TPSA) is 26.3 Å². The normalized spacial score (nSPS) is 28.5. The van der Waals surface area contributed by atoms with Gasteiger partial charge in [-0.05, 0) is 6.42 Å². The quantitative estimate of drug-likeness (QED) is 0.599. The first-order valence-electron chi connectivity index (χ1n) is 4.11. The lowest BCUT2D eigenvalue weighted by Gasteiger charge is -2.15. The summed E-state index contributed by atoms with van der Waals surface area (Å²) in [6.45, 7) is 5.59. The number of ketones is 1. The molecule has 0 aromatic heterocycles. The number of rotatable bonds is 3. The van der Waals surface area contributed by atoms with Crippen LogP contribution in [0.1, 0.15) is 13.3 Å². The third-order valence-electron chi connectivity index (χ3n) is 2.36. The number of allylic oxidation sites excluding steroid dienone is 3. The molecule has 1 rings (SSSR count). The second kappa shape index (κ2) is 3.57. The summed E-state index contributed by atoms with van der Waals surface area (Å²) >= 11 is 0. The largest absolute Gasteiger partial charge is 0.501 e. The van der Waals surface area contributed by atoms with Crippen LogP contribution in [0.5, 0.6) is 0 Å². The van der Waals surface area contributed by atoms with Crippen molar-refractivity contribution in [3.63, 3.8) is 0 Å². The number of carbonyl (C=O) groups excluding carboxylic acids is 1. The molecule has 0 aromatic rings. The molecule has 0 saturated heterocycles. The molecule has 1 aliphatic rings. The number of methoxy groups -OCH3 is 1. The molecule has 0 heterocycles. The average molecular weight is 166 g/mol. The lowest BCUT2D eigenvalue weighted by molar-refractivity contribution is -0.117. The van der Waals surface area contributed by atoms with Crippen LogP contribution in [-0.2, 0) is 9.53 Å². The Labute approximate surface area is 72.9 Å². The van der Waals surface area contributed by atoms with Crippen molar-refractivity contribution in [2.24, 2.45) is 11.8 Å². The van der Waals surface area contributed by atoms with E-state index in [1.165, 1.54) is 0 Å². The van der Waals surface area contributed by atoms with Crippen LogP contribution in [0, 0.1) is 11.8 Å². The Morgan fingerprint density at radius 3 is 2.92 bits per heavy atom. The minimum atomic E-state index is 0.0537. The van der Waals surface area contributed by atoms with Crippen molar-refractivity contribution in [1.82, 2.24) is 0 Å². The van der Waals surface area contributed by atoms with Gasteiger partial charge < -0.3 is 4.74 Å². The summed E-state index contributed by atoms with van der Waals surface area (Å²) in [6.07, 6.45) is 4.23. The SMILES string of the molecule is C=CC[C@@H]1C(OC)=CC(=O)[C@H]1C. The highest BCUT2D eigenvalue weighted by atomic mass is 16.5. The zero-order valence-electron chi connectivity index (χ0n) is 7.54. The number of hydrogen-bond acceptors (Lipinski definition) is 2. The third-order valence-corrected chi connectivity index (χ3v) is 2.36. The fourth-order valence-corrected chi connectivity index (χ4v) is 1.53. The molecule has 0 unspecified atom stereocenters. The van der Waals surface area contributed by atoms with Gasteiger partial charge in [-0.2, -0.15) is 0 Å². The third kappa shape index (κ3) is 1.42. The summed E-state index contributed by atoms with van der Waals surface area (Å²) < 4.78 is 5.11. The fourth-order valence-electron chi connectivity index (χ4n) is 1.53. The van der Waals surface area contributed by atoms with Gasteiger partial charge >= 0.3 is 0 Å². The molecule has 66 valence electrons. The Morgan fingerprint density at radius 2 is 2.42 bits per heavy atom. The second-order valence-electron chi connectivity index (χ2n) is 3.07. The van der Waals surface area contributed by atoms with E-state index < -0.39 is 0 Å². The van der Waals surface area contributed by atoms with Gasteiger partial charge in [0.2, 0.25) is 0 Å². The molecule has 2 nitrogen and oxygen atoms in total. The Kier molecular flexibility index (Phi) is 2.69. The molecule has 12 heavy (non-hydrogen) atoms. The molecule has 2 heteroatoms. The van der Waals surface area contributed by atoms with Crippen LogP contribution in [0.15, 0.2) is 24.5 Å². The summed E-state index contributed by atoms with van der Waals surface area (Å²) in [5.74, 6) is 1.23. The maximum absolute atomic E-state index is 11.2. The zero-order chi connectivity index (χ0) is 9.14. The number of hydrogen-bond donors (Lipinski definition) is 0. The molecule has 0 spiro atoms. The number of carbonyl (C=O) groups is 1. The molecule has 0 N–H and O–H groups in total. The van der Waals surface area contributed by atoms with E-state index >= 15 is 0 Å². The first-order valence-corrected chi connectivity index (χ1v) is 4.11. The van der Waals surface area contributed by atoms with E-state index in [9.17, 15) is 4.79 Å². The average Bonchev–Trinajstić information content (AvgIpc) is 2.33. The van der Waals surface area contributed by atoms with Crippen LogP contribution >= 0.6 is 0 Å². The molecular weight excluding hydrogens is 152 g/mol. The first kappa shape index (κ1) is 9.04. The summed E-state index contributed by atoms with van der Waals surface area (Å²) in [7, 11) is 1.60. The van der Waals surface area contributed by atoms with Crippen LogP contribution < -0.4 is 0 Å². The van der Waals surface area contributed by atoms with Crippen LogP contribution in [0.3, 0.4) is 0 Å². The minimum absolute atomic E-state index is 0.0537. The molecule has 0 radical (unpaired) electrons. The van der Waals surface area contributed by atoms with E-state index in [4.69, 9.17) is 4.74 Å². The fraction of sp³-hybridized carbons (Fsp3) is 0.500. The Balaban J connectivity index is 2.77. The van der Waals surface area contributed by atoms with E-state index in [2.05, 4.69) is 6.58 Å². The zero-order valence-corrected chi connectivity index (χ0v) is 7.54. The molecule has 0 saturated carbocycles. The Hall–Kier alpha value is -1.05. The van der Waals surface area contributed by atoms with Crippen molar-refractivity contribution >= 4 is 5.78 Å². The van der Waals surface area contributed by atoms with Crippen LogP contribution in [0.25, 0.3) is 0 Å². The van der Waals surface area contributed by atoms with Gasteiger partial charge in [-0.3, -0.25) is 4.79 Å². The molecule has 0 fully saturated rings. The van der Waals surface area contributed by atoms with Gasteiger partial charge in [-0.15, -0.1) is 6.58 Å². The highest BCUT2D eigenvalue weighted by molar-refractivity contribution is 5.95. The predicted molar refractivity (Wildman–Crippen MR) is 47.6 cm³/mol. The van der Waals surface area contributed by atoms with E-state index in [1.54, 1.807) is 13.2 Å². The smallest absolute Gasteiger partial charge is 0.162 e. The van der Waals surface area contributed by atoms with Gasteiger partial charge in [0.15, 0.2) is 5.78 Å². The summed E-state index contributed by atoms with van der Waals surface area (Å²) in [5.41, 5.74) is 0. The van der Waals surface area contributed by atoms with Crippen LogP contribution in [0.2, 0.25) is 0 Å². The Bertz CT molecular complexity index is 228. The molecule has 0 amide bonds. The minimum Gasteiger partial charge on any atom is -0.501 e. The molecule has 0 bridgehead atoms. The molecule has 1 aliphatic carbocycles. The van der Waals surface area contributed by atoms with Crippen LogP contribution in [-0.4, -0.2) is 12.9 Å². The first-order chi connectivity index (χ1) is 5.70. The van der Waals surface area contributed by atoms with E-state index in [1.807, 2.05) is 13.0 Å². The predicted octanol–water partition coefficient (Wildman–Crippen LogP) is 1.93. The highest BCUT2D eigenvalue weighted by Gasteiger charge is 2.32. The van der Waals surface area contributed by atoms with Gasteiger partial charge in [0.25, 0.3) is 0 Å². The maximum Gasteiger partial charge on any atom is 0.162 e. The lowest BCUT2D eigenvalue weighted by atomic mass is 9.93. The highest BCUT2D eigenvalue weighted by Crippen LogP contribution is 2.32. The van der Waals surface area contributed by atoms with Crippen LogP contribution in [0.4, 0.5) is 0 Å². The second-order valence-corrected chi connectivity index (χ2v) is 3.07. The monoisotopic (exact) mass is 166 g/mol. The van der Waals surface area contributed by atoms with Gasteiger partial charge in [-0.25, -0.2) is 0 Å². The van der Waals surface area contributed by atoms with Crippen molar-refractivity contribution < 1.29 is 9.53 Å². The number of ether oxygens (including phenoxy) is 1. The van der Waals surface area contributed by atoms with Crippen molar-refractivity contribution in [2.45, 2.75) is 13.3 Å². The van der Waals surface area contributed by atoms with Gasteiger partial charge in [-0.1, -0.05) is 13.0 Å². The summed E-state index contributed by atoms with van der Waals surface area (Å²) in [4.78, 5) is 11.2. The van der Waals surface area contributed by atoms with E-state index in [-0.39, 0.29) is 17.6 Å². The van der Waals surface area contributed by atoms with Crippen molar-refractivity contribution in [3.8, 4) is 0 Å². The van der Waals surface area contributed by atoms with Gasteiger partial charge in [0, 0.05) is 17.9 Å². The van der Waals surface area contributed by atoms with Crippen molar-refractivity contribution in [1.29, 1.82) is 0 Å². The van der Waals surface area contributed by atoms with E-state index in [0.717, 1.165) is 12.2 Å². The molecule has 2 atom stereocenters. The summed E-state index contributed by atoms with van der Waals surface area (Å²) in [5, 5.41) is 0. The lowest BCUT2D eigenvalue weighted by Crippen LogP contribution is -2.13. The van der Waals surface area contributed by atoms with Gasteiger partial charge in [0.1, 0.15) is 5.76 Å². The van der Waals surface area contributed by atoms with Crippen molar-refractivity contribution in [2.75, 3.05) is 7.11 Å². The standard InChI is InChI=1S/C10H14O2/c1-4-5-8-7(2)9(11)6-10(8)12-3/h4,6-8H,1,5H2,2-3H3/t7-,8-/m0/s1. The van der Waals surface area contributed by atoms with Crippen molar-refractivity contribution in [3.05, 3.63) is 24.5 Å².